The number of hydrogen-bond acceptors (Lipinski definition) is 5. The summed E-state index contributed by atoms with van der Waals surface area (Å²) in [7, 11) is 1.51. The number of carbonyl (C=O) groups excluding carboxylic acids is 1. The second-order valence-electron chi connectivity index (χ2n) is 5.98. The zero-order valence-corrected chi connectivity index (χ0v) is 14.7. The number of para-hydroxylation sites is 1. The van der Waals surface area contributed by atoms with Crippen molar-refractivity contribution < 1.29 is 14.6 Å². The molecule has 1 aromatic heterocycles. The van der Waals surface area contributed by atoms with E-state index >= 15 is 0 Å². The molecule has 24 heavy (non-hydrogen) atoms. The Labute approximate surface area is 145 Å². The maximum absolute atomic E-state index is 12.6. The minimum Gasteiger partial charge on any atom is -0.504 e. The van der Waals surface area contributed by atoms with Crippen LogP contribution in [0.5, 0.6) is 11.5 Å². The van der Waals surface area contributed by atoms with E-state index in [9.17, 15) is 9.90 Å². The van der Waals surface area contributed by atoms with E-state index in [1.54, 1.807) is 17.4 Å². The first-order valence-electron chi connectivity index (χ1n) is 7.83. The van der Waals surface area contributed by atoms with Gasteiger partial charge in [-0.15, -0.1) is 11.3 Å². The average molecular weight is 344 g/mol. The second-order valence-corrected chi connectivity index (χ2v) is 6.93. The molecule has 1 amide bonds. The van der Waals surface area contributed by atoms with Crippen LogP contribution in [0.4, 0.5) is 0 Å². The molecule has 0 saturated carbocycles. The highest BCUT2D eigenvalue weighted by Gasteiger charge is 2.36. The Kier molecular flexibility index (Phi) is 4.57. The molecule has 1 atom stereocenters. The van der Waals surface area contributed by atoms with Crippen LogP contribution >= 0.6 is 11.3 Å². The van der Waals surface area contributed by atoms with Crippen LogP contribution in [0.1, 0.15) is 36.8 Å². The van der Waals surface area contributed by atoms with Gasteiger partial charge in [-0.1, -0.05) is 32.0 Å². The molecule has 0 unspecified atom stereocenters. The van der Waals surface area contributed by atoms with Crippen LogP contribution in [-0.2, 0) is 4.79 Å². The summed E-state index contributed by atoms with van der Waals surface area (Å²) in [6, 6.07) is 8.96. The van der Waals surface area contributed by atoms with Gasteiger partial charge >= 0.3 is 0 Å². The fourth-order valence-electron chi connectivity index (χ4n) is 2.78. The Balaban J connectivity index is 2.02. The zero-order chi connectivity index (χ0) is 17.3. The molecule has 1 aliphatic heterocycles. The van der Waals surface area contributed by atoms with Gasteiger partial charge in [0, 0.05) is 17.9 Å². The lowest BCUT2D eigenvalue weighted by atomic mass is 9.99. The largest absolute Gasteiger partial charge is 0.504 e. The van der Waals surface area contributed by atoms with Crippen LogP contribution in [0, 0.1) is 5.92 Å². The monoisotopic (exact) mass is 344 g/mol. The van der Waals surface area contributed by atoms with Crippen LogP contribution < -0.4 is 4.74 Å². The highest BCUT2D eigenvalue weighted by Crippen LogP contribution is 2.41. The van der Waals surface area contributed by atoms with E-state index < -0.39 is 0 Å². The van der Waals surface area contributed by atoms with Gasteiger partial charge in [0.25, 0.3) is 0 Å². The van der Waals surface area contributed by atoms with Crippen molar-refractivity contribution in [3.8, 4) is 11.5 Å². The number of ether oxygens (including phenoxy) is 1. The summed E-state index contributed by atoms with van der Waals surface area (Å²) in [5.74, 6) is 0.226. The molecule has 0 radical (unpaired) electrons. The van der Waals surface area contributed by atoms with E-state index in [2.05, 4.69) is 5.10 Å². The third kappa shape index (κ3) is 2.89. The normalized spacial score (nSPS) is 17.2. The maximum atomic E-state index is 12.6. The van der Waals surface area contributed by atoms with Crippen LogP contribution in [-0.4, -0.2) is 28.8 Å². The lowest BCUT2D eigenvalue weighted by Gasteiger charge is -2.24. The van der Waals surface area contributed by atoms with Crippen molar-refractivity contribution in [2.45, 2.75) is 26.3 Å². The molecule has 2 aromatic rings. The summed E-state index contributed by atoms with van der Waals surface area (Å²) in [5, 5.41) is 18.6. The third-order valence-electron chi connectivity index (χ3n) is 4.04. The molecule has 5 nitrogen and oxygen atoms in total. The topological polar surface area (TPSA) is 62.1 Å². The fourth-order valence-corrected chi connectivity index (χ4v) is 3.51. The summed E-state index contributed by atoms with van der Waals surface area (Å²) in [6.07, 6.45) is 0.569. The van der Waals surface area contributed by atoms with Gasteiger partial charge in [0.05, 0.1) is 23.7 Å². The predicted octanol–water partition coefficient (Wildman–Crippen LogP) is 3.80. The van der Waals surface area contributed by atoms with E-state index in [-0.39, 0.29) is 23.6 Å². The molecule has 1 aromatic carbocycles. The number of methoxy groups -OCH3 is 1. The van der Waals surface area contributed by atoms with E-state index in [1.807, 2.05) is 43.5 Å². The van der Waals surface area contributed by atoms with Crippen molar-refractivity contribution in [3.63, 3.8) is 0 Å². The van der Waals surface area contributed by atoms with E-state index in [0.29, 0.717) is 17.7 Å². The number of thiophene rings is 1. The molecule has 0 fully saturated rings. The Morgan fingerprint density at radius 1 is 1.38 bits per heavy atom. The molecule has 1 aliphatic rings. The number of phenolic OH excluding ortho intramolecular Hbond substituents is 1. The molecule has 0 bridgehead atoms. The average Bonchev–Trinajstić information content (AvgIpc) is 3.23. The van der Waals surface area contributed by atoms with Crippen LogP contribution in [0.3, 0.4) is 0 Å². The smallest absolute Gasteiger partial charge is 0.245 e. The summed E-state index contributed by atoms with van der Waals surface area (Å²) in [5.41, 5.74) is 1.52. The molecule has 1 N–H and O–H groups in total. The molecule has 126 valence electrons. The molecule has 6 heteroatoms. The van der Waals surface area contributed by atoms with Crippen molar-refractivity contribution in [2.24, 2.45) is 11.0 Å². The third-order valence-corrected chi connectivity index (χ3v) is 4.96. The van der Waals surface area contributed by atoms with Crippen molar-refractivity contribution >= 4 is 23.0 Å². The second kappa shape index (κ2) is 6.65. The molecule has 0 saturated heterocycles. The minimum absolute atomic E-state index is 0.0613. The number of amides is 1. The fraction of sp³-hybridized carbons (Fsp3) is 0.333. The Morgan fingerprint density at radius 2 is 2.17 bits per heavy atom. The van der Waals surface area contributed by atoms with Gasteiger partial charge in [-0.3, -0.25) is 4.79 Å². The molecular weight excluding hydrogens is 324 g/mol. The van der Waals surface area contributed by atoms with Gasteiger partial charge < -0.3 is 9.84 Å². The molecule has 0 aliphatic carbocycles. The SMILES string of the molecule is COc1cccc([C@@H]2CC(c3cccs3)=NN2C(=O)C(C)C)c1O. The number of hydrogen-bond donors (Lipinski definition) is 1. The number of phenols is 1. The van der Waals surface area contributed by atoms with Gasteiger partial charge in [-0.2, -0.15) is 5.10 Å². The number of rotatable bonds is 4. The molecule has 2 heterocycles. The number of aromatic hydroxyl groups is 1. The lowest BCUT2D eigenvalue weighted by Crippen LogP contribution is -2.30. The first-order valence-corrected chi connectivity index (χ1v) is 8.71. The highest BCUT2D eigenvalue weighted by molar-refractivity contribution is 7.12. The lowest BCUT2D eigenvalue weighted by molar-refractivity contribution is -0.136. The van der Waals surface area contributed by atoms with Gasteiger partial charge in [0.1, 0.15) is 0 Å². The van der Waals surface area contributed by atoms with Gasteiger partial charge in [-0.05, 0) is 17.5 Å². The van der Waals surface area contributed by atoms with Crippen LogP contribution in [0.15, 0.2) is 40.8 Å². The number of nitrogens with zero attached hydrogens (tertiary/aromatic N) is 2. The molecular formula is C18H20N2O3S. The van der Waals surface area contributed by atoms with E-state index in [1.165, 1.54) is 12.1 Å². The zero-order valence-electron chi connectivity index (χ0n) is 13.9. The summed E-state index contributed by atoms with van der Waals surface area (Å²) in [6.45, 7) is 3.70. The summed E-state index contributed by atoms with van der Waals surface area (Å²) >= 11 is 1.60. The Hall–Kier alpha value is -2.34. The van der Waals surface area contributed by atoms with Gasteiger partial charge in [-0.25, -0.2) is 5.01 Å². The van der Waals surface area contributed by atoms with Crippen LogP contribution in [0.2, 0.25) is 0 Å². The van der Waals surface area contributed by atoms with Gasteiger partial charge in [0.15, 0.2) is 11.5 Å². The molecule has 0 spiro atoms. The summed E-state index contributed by atoms with van der Waals surface area (Å²) < 4.78 is 5.20. The first kappa shape index (κ1) is 16.5. The van der Waals surface area contributed by atoms with Crippen molar-refractivity contribution in [3.05, 3.63) is 46.2 Å². The Bertz CT molecular complexity index is 769. The summed E-state index contributed by atoms with van der Waals surface area (Å²) in [4.78, 5) is 13.7. The van der Waals surface area contributed by atoms with Crippen molar-refractivity contribution in [1.82, 2.24) is 5.01 Å². The standard InChI is InChI=1S/C18H20N2O3S/c1-11(2)18(22)20-14(10-13(19-20)16-8-5-9-24-16)12-6-4-7-15(23-3)17(12)21/h4-9,11,14,21H,10H2,1-3H3/t14-/m0/s1. The van der Waals surface area contributed by atoms with Crippen LogP contribution in [0.25, 0.3) is 0 Å². The Morgan fingerprint density at radius 3 is 2.79 bits per heavy atom. The highest BCUT2D eigenvalue weighted by atomic mass is 32.1. The number of carbonyl (C=O) groups is 1. The first-order chi connectivity index (χ1) is 11.5. The quantitative estimate of drug-likeness (QED) is 0.918. The van der Waals surface area contributed by atoms with Crippen molar-refractivity contribution in [1.29, 1.82) is 0 Å². The van der Waals surface area contributed by atoms with E-state index in [4.69, 9.17) is 4.74 Å². The minimum atomic E-state index is -0.327. The van der Waals surface area contributed by atoms with Crippen molar-refractivity contribution in [2.75, 3.05) is 7.11 Å². The number of hydrazone groups is 1. The predicted molar refractivity (Wildman–Crippen MR) is 94.6 cm³/mol. The molecule has 3 rings (SSSR count). The maximum Gasteiger partial charge on any atom is 0.245 e. The van der Waals surface area contributed by atoms with Gasteiger partial charge in [0.2, 0.25) is 5.91 Å². The number of benzene rings is 1. The van der Waals surface area contributed by atoms with E-state index in [0.717, 1.165) is 10.6 Å².